The lowest BCUT2D eigenvalue weighted by molar-refractivity contribution is 0.808. The van der Waals surface area contributed by atoms with E-state index in [4.69, 9.17) is 0 Å². The SMILES string of the molecule is CCNC(=NCCc1ccc2ccccc2c1)NC1CC1.I. The van der Waals surface area contributed by atoms with Crippen LogP contribution in [0.4, 0.5) is 0 Å². The van der Waals surface area contributed by atoms with Gasteiger partial charge in [-0.1, -0.05) is 42.5 Å². The van der Waals surface area contributed by atoms with E-state index in [1.54, 1.807) is 0 Å². The zero-order valence-corrected chi connectivity index (χ0v) is 15.3. The van der Waals surface area contributed by atoms with Crippen molar-refractivity contribution in [2.45, 2.75) is 32.2 Å². The van der Waals surface area contributed by atoms with Gasteiger partial charge in [0.1, 0.15) is 0 Å². The molecule has 3 nitrogen and oxygen atoms in total. The number of hydrogen-bond acceptors (Lipinski definition) is 1. The third-order valence-electron chi connectivity index (χ3n) is 3.75. The lowest BCUT2D eigenvalue weighted by Crippen LogP contribution is -2.38. The van der Waals surface area contributed by atoms with Crippen LogP contribution in [0.2, 0.25) is 0 Å². The van der Waals surface area contributed by atoms with Crippen LogP contribution in [-0.4, -0.2) is 25.1 Å². The summed E-state index contributed by atoms with van der Waals surface area (Å²) in [5.41, 5.74) is 1.35. The Morgan fingerprint density at radius 3 is 2.64 bits per heavy atom. The highest BCUT2D eigenvalue weighted by molar-refractivity contribution is 14.0. The molecule has 2 N–H and O–H groups in total. The highest BCUT2D eigenvalue weighted by Crippen LogP contribution is 2.18. The molecule has 1 saturated carbocycles. The fourth-order valence-corrected chi connectivity index (χ4v) is 2.43. The molecular weight excluding hydrogens is 385 g/mol. The largest absolute Gasteiger partial charge is 0.357 e. The van der Waals surface area contributed by atoms with E-state index in [2.05, 4.69) is 65.0 Å². The zero-order chi connectivity index (χ0) is 14.5. The van der Waals surface area contributed by atoms with Crippen LogP contribution in [0.1, 0.15) is 25.3 Å². The van der Waals surface area contributed by atoms with Crippen molar-refractivity contribution in [2.24, 2.45) is 4.99 Å². The Morgan fingerprint density at radius 1 is 1.14 bits per heavy atom. The maximum atomic E-state index is 4.66. The van der Waals surface area contributed by atoms with Crippen molar-refractivity contribution < 1.29 is 0 Å². The van der Waals surface area contributed by atoms with Crippen LogP contribution in [0.15, 0.2) is 47.5 Å². The topological polar surface area (TPSA) is 36.4 Å². The monoisotopic (exact) mass is 409 g/mol. The minimum atomic E-state index is 0. The van der Waals surface area contributed by atoms with Crippen molar-refractivity contribution in [3.8, 4) is 0 Å². The van der Waals surface area contributed by atoms with Gasteiger partial charge in [-0.15, -0.1) is 24.0 Å². The summed E-state index contributed by atoms with van der Waals surface area (Å²) in [6.07, 6.45) is 3.52. The van der Waals surface area contributed by atoms with Crippen LogP contribution in [0.3, 0.4) is 0 Å². The van der Waals surface area contributed by atoms with E-state index in [9.17, 15) is 0 Å². The third kappa shape index (κ3) is 4.87. The molecule has 0 bridgehead atoms. The molecule has 118 valence electrons. The molecule has 0 amide bonds. The average Bonchev–Trinajstić information content (AvgIpc) is 3.31. The van der Waals surface area contributed by atoms with E-state index >= 15 is 0 Å². The first-order valence-electron chi connectivity index (χ1n) is 7.87. The van der Waals surface area contributed by atoms with Gasteiger partial charge in [0.25, 0.3) is 0 Å². The number of guanidine groups is 1. The van der Waals surface area contributed by atoms with Gasteiger partial charge >= 0.3 is 0 Å². The van der Waals surface area contributed by atoms with Gasteiger partial charge in [-0.2, -0.15) is 0 Å². The molecule has 2 aromatic rings. The standard InChI is InChI=1S/C18H23N3.HI/c1-2-19-18(21-17-9-10-17)20-12-11-14-7-8-15-5-3-4-6-16(15)13-14;/h3-8,13,17H,2,9-12H2,1H3,(H2,19,20,21);1H. The number of benzene rings is 2. The number of halogens is 1. The van der Waals surface area contributed by atoms with Gasteiger partial charge < -0.3 is 10.6 Å². The van der Waals surface area contributed by atoms with Crippen LogP contribution < -0.4 is 10.6 Å². The molecule has 1 aliphatic rings. The summed E-state index contributed by atoms with van der Waals surface area (Å²) in [5.74, 6) is 0.959. The quantitative estimate of drug-likeness (QED) is 0.449. The fraction of sp³-hybridized carbons (Fsp3) is 0.389. The molecule has 0 aliphatic heterocycles. The molecule has 0 spiro atoms. The summed E-state index contributed by atoms with van der Waals surface area (Å²) in [7, 11) is 0. The van der Waals surface area contributed by atoms with Gasteiger partial charge in [-0.05, 0) is 42.5 Å². The molecule has 0 aromatic heterocycles. The first kappa shape index (κ1) is 17.1. The maximum Gasteiger partial charge on any atom is 0.191 e. The molecule has 0 saturated heterocycles. The van der Waals surface area contributed by atoms with Gasteiger partial charge in [-0.25, -0.2) is 0 Å². The number of aliphatic imine (C=N–C) groups is 1. The normalized spacial score (nSPS) is 14.5. The molecule has 0 heterocycles. The minimum absolute atomic E-state index is 0. The molecule has 2 aromatic carbocycles. The van der Waals surface area contributed by atoms with E-state index in [1.165, 1.54) is 29.2 Å². The molecule has 1 aliphatic carbocycles. The Bertz CT molecular complexity index is 635. The van der Waals surface area contributed by atoms with E-state index in [1.807, 2.05) is 0 Å². The Morgan fingerprint density at radius 2 is 1.91 bits per heavy atom. The first-order chi connectivity index (χ1) is 10.3. The summed E-state index contributed by atoms with van der Waals surface area (Å²) >= 11 is 0. The fourth-order valence-electron chi connectivity index (χ4n) is 2.43. The van der Waals surface area contributed by atoms with Crippen molar-refractivity contribution in [1.29, 1.82) is 0 Å². The number of nitrogens with zero attached hydrogens (tertiary/aromatic N) is 1. The van der Waals surface area contributed by atoms with E-state index in [0.29, 0.717) is 6.04 Å². The van der Waals surface area contributed by atoms with Crippen molar-refractivity contribution in [3.63, 3.8) is 0 Å². The molecule has 4 heteroatoms. The highest BCUT2D eigenvalue weighted by atomic mass is 127. The van der Waals surface area contributed by atoms with Crippen LogP contribution in [0.25, 0.3) is 10.8 Å². The van der Waals surface area contributed by atoms with Gasteiger partial charge in [0.2, 0.25) is 0 Å². The number of hydrogen-bond donors (Lipinski definition) is 2. The molecule has 22 heavy (non-hydrogen) atoms. The minimum Gasteiger partial charge on any atom is -0.357 e. The average molecular weight is 409 g/mol. The second kappa shape index (κ2) is 8.36. The predicted molar refractivity (Wildman–Crippen MR) is 105 cm³/mol. The van der Waals surface area contributed by atoms with Crippen molar-refractivity contribution >= 4 is 40.7 Å². The Labute approximate surface area is 149 Å². The molecular formula is C18H24IN3. The van der Waals surface area contributed by atoms with E-state index in [0.717, 1.165) is 25.5 Å². The van der Waals surface area contributed by atoms with Crippen LogP contribution in [-0.2, 0) is 6.42 Å². The highest BCUT2D eigenvalue weighted by Gasteiger charge is 2.21. The first-order valence-corrected chi connectivity index (χ1v) is 7.87. The number of nitrogens with one attached hydrogen (secondary N) is 2. The van der Waals surface area contributed by atoms with Gasteiger partial charge in [0, 0.05) is 19.1 Å². The second-order valence-electron chi connectivity index (χ2n) is 5.61. The van der Waals surface area contributed by atoms with Gasteiger partial charge in [0.15, 0.2) is 5.96 Å². The summed E-state index contributed by atoms with van der Waals surface area (Å²) in [6, 6.07) is 15.8. The third-order valence-corrected chi connectivity index (χ3v) is 3.75. The lowest BCUT2D eigenvalue weighted by atomic mass is 10.1. The summed E-state index contributed by atoms with van der Waals surface area (Å²) in [6.45, 7) is 3.84. The predicted octanol–water partition coefficient (Wildman–Crippen LogP) is 3.72. The van der Waals surface area contributed by atoms with Gasteiger partial charge in [0.05, 0.1) is 0 Å². The number of fused-ring (bicyclic) bond motifs is 1. The second-order valence-corrected chi connectivity index (χ2v) is 5.61. The summed E-state index contributed by atoms with van der Waals surface area (Å²) in [5, 5.41) is 9.36. The zero-order valence-electron chi connectivity index (χ0n) is 13.0. The smallest absolute Gasteiger partial charge is 0.191 e. The van der Waals surface area contributed by atoms with Gasteiger partial charge in [-0.3, -0.25) is 4.99 Å². The van der Waals surface area contributed by atoms with Crippen LogP contribution >= 0.6 is 24.0 Å². The lowest BCUT2D eigenvalue weighted by Gasteiger charge is -2.10. The summed E-state index contributed by atoms with van der Waals surface area (Å²) < 4.78 is 0. The van der Waals surface area contributed by atoms with Crippen molar-refractivity contribution in [3.05, 3.63) is 48.0 Å². The summed E-state index contributed by atoms with van der Waals surface area (Å²) in [4.78, 5) is 4.66. The Balaban J connectivity index is 0.00000176. The maximum absolute atomic E-state index is 4.66. The van der Waals surface area contributed by atoms with Crippen LogP contribution in [0, 0.1) is 0 Å². The number of rotatable bonds is 5. The molecule has 1 fully saturated rings. The Hall–Kier alpha value is -1.30. The molecule has 0 radical (unpaired) electrons. The van der Waals surface area contributed by atoms with Crippen LogP contribution in [0.5, 0.6) is 0 Å². The Kier molecular flexibility index (Phi) is 6.49. The molecule has 0 unspecified atom stereocenters. The van der Waals surface area contributed by atoms with E-state index < -0.39 is 0 Å². The van der Waals surface area contributed by atoms with E-state index in [-0.39, 0.29) is 24.0 Å². The molecule has 0 atom stereocenters. The van der Waals surface area contributed by atoms with Crippen molar-refractivity contribution in [1.82, 2.24) is 10.6 Å². The molecule has 3 rings (SSSR count). The van der Waals surface area contributed by atoms with Crippen molar-refractivity contribution in [2.75, 3.05) is 13.1 Å².